The first-order valence-corrected chi connectivity index (χ1v) is 12.8. The molecule has 6 heteroatoms. The second-order valence-electron chi connectivity index (χ2n) is 8.76. The van der Waals surface area contributed by atoms with Crippen molar-refractivity contribution in [1.29, 1.82) is 0 Å². The van der Waals surface area contributed by atoms with Crippen molar-refractivity contribution in [3.05, 3.63) is 0 Å². The van der Waals surface area contributed by atoms with Crippen LogP contribution in [0.15, 0.2) is 0 Å². The molecule has 5 nitrogen and oxygen atoms in total. The molecule has 0 saturated carbocycles. The number of carbonyl (C=O) groups is 1. The van der Waals surface area contributed by atoms with Crippen molar-refractivity contribution in [1.82, 2.24) is 5.32 Å². The molecule has 0 radical (unpaired) electrons. The summed E-state index contributed by atoms with van der Waals surface area (Å²) in [5.41, 5.74) is 0. The Hall–Kier alpha value is -0.0957. The molecule has 1 atom stereocenters. The number of rotatable bonds is 17. The van der Waals surface area contributed by atoms with E-state index in [1.807, 2.05) is 6.92 Å². The molecule has 1 amide bonds. The van der Waals surface area contributed by atoms with Crippen molar-refractivity contribution in [2.24, 2.45) is 5.92 Å². The van der Waals surface area contributed by atoms with Crippen LogP contribution < -0.4 is 5.32 Å². The summed E-state index contributed by atoms with van der Waals surface area (Å²) in [5.74, 6) is 0.847. The molecule has 180 valence electrons. The van der Waals surface area contributed by atoms with Crippen molar-refractivity contribution in [3.8, 4) is 0 Å². The first-order chi connectivity index (χ1) is 14.3. The van der Waals surface area contributed by atoms with Gasteiger partial charge in [-0.3, -0.25) is 4.79 Å². The molecule has 0 heterocycles. The summed E-state index contributed by atoms with van der Waals surface area (Å²) in [6.07, 6.45) is 17.4. The van der Waals surface area contributed by atoms with Crippen LogP contribution in [-0.4, -0.2) is 28.5 Å². The van der Waals surface area contributed by atoms with Crippen molar-refractivity contribution in [3.63, 3.8) is 0 Å². The third-order valence-corrected chi connectivity index (χ3v) is 4.65. The number of unbranched alkanes of at least 4 members (excludes halogenated alkanes) is 11. The van der Waals surface area contributed by atoms with Crippen molar-refractivity contribution in [2.45, 2.75) is 143 Å². The quantitative estimate of drug-likeness (QED) is 0.135. The van der Waals surface area contributed by atoms with Gasteiger partial charge in [-0.2, -0.15) is 0 Å². The Morgan fingerprint density at radius 1 is 0.733 bits per heavy atom. The number of nitrogens with one attached hydrogen (secondary N) is 1. The number of amides is 1. The summed E-state index contributed by atoms with van der Waals surface area (Å²) in [5, 5.41) is 20.0. The van der Waals surface area contributed by atoms with E-state index in [0.29, 0.717) is 12.8 Å². The van der Waals surface area contributed by atoms with Gasteiger partial charge in [0.25, 0.3) is 0 Å². The van der Waals surface area contributed by atoms with Crippen molar-refractivity contribution < 1.29 is 38.7 Å². The number of hydrogen-bond donors (Lipinski definition) is 3. The second kappa shape index (κ2) is 28.9. The van der Waals surface area contributed by atoms with Gasteiger partial charge in [0.1, 0.15) is 6.23 Å². The molecule has 0 aromatic heterocycles. The molecular weight excluding hydrogens is 414 g/mol. The summed E-state index contributed by atoms with van der Waals surface area (Å²) in [6.45, 7) is 9.93. The normalized spacial score (nSPS) is 11.3. The zero-order valence-electron chi connectivity index (χ0n) is 20.5. The molecule has 0 fully saturated rings. The van der Waals surface area contributed by atoms with Crippen LogP contribution in [0.2, 0.25) is 0 Å². The van der Waals surface area contributed by atoms with Gasteiger partial charge in [-0.1, -0.05) is 97.8 Å². The van der Waals surface area contributed by atoms with E-state index in [4.69, 9.17) is 8.43 Å². The van der Waals surface area contributed by atoms with E-state index in [1.165, 1.54) is 70.6 Å². The van der Waals surface area contributed by atoms with Crippen LogP contribution in [-0.2, 0) is 28.5 Å². The van der Waals surface area contributed by atoms with Crippen LogP contribution in [0.3, 0.4) is 0 Å². The van der Waals surface area contributed by atoms with E-state index in [0.717, 1.165) is 39.2 Å². The summed E-state index contributed by atoms with van der Waals surface area (Å²) in [6, 6.07) is 0. The molecule has 3 N–H and O–H groups in total. The van der Waals surface area contributed by atoms with Gasteiger partial charge in [0, 0.05) is 12.5 Å². The predicted molar refractivity (Wildman–Crippen MR) is 122 cm³/mol. The average molecular weight is 466 g/mol. The zero-order chi connectivity index (χ0) is 23.6. The molecule has 0 spiro atoms. The van der Waals surface area contributed by atoms with Crippen LogP contribution in [0, 0.1) is 5.92 Å². The Kier molecular flexibility index (Phi) is 33.3. The molecule has 0 aromatic carbocycles. The number of aliphatic hydroxyl groups excluding tert-OH is 2. The van der Waals surface area contributed by atoms with E-state index in [9.17, 15) is 9.90 Å². The Morgan fingerprint density at radius 2 is 1.07 bits per heavy atom. The van der Waals surface area contributed by atoms with E-state index in [1.54, 1.807) is 13.8 Å². The van der Waals surface area contributed by atoms with E-state index >= 15 is 0 Å². The van der Waals surface area contributed by atoms with Gasteiger partial charge in [-0.05, 0) is 32.6 Å². The first kappa shape index (κ1) is 34.5. The summed E-state index contributed by atoms with van der Waals surface area (Å²) in [7, 11) is 0. The van der Waals surface area contributed by atoms with Gasteiger partial charge in [0.15, 0.2) is 0 Å². The topological polar surface area (TPSA) is 86.6 Å². The Balaban J connectivity index is -0.00000108. The molecule has 1 unspecified atom stereocenters. The number of carbonyl (C=O) groups excluding carboxylic acids is 1. The Labute approximate surface area is 198 Å². The van der Waals surface area contributed by atoms with E-state index in [-0.39, 0.29) is 12.0 Å². The summed E-state index contributed by atoms with van der Waals surface area (Å²) >= 11 is 0.750. The van der Waals surface area contributed by atoms with Gasteiger partial charge >= 0.3 is 23.7 Å². The third kappa shape index (κ3) is 38.5. The molecule has 0 saturated heterocycles. The SMILES string of the molecule is CC(C)O.CCC(O)NC(=O)CCCCCCCCCCCCCCC(C)C.[O]=[Ti]. The second-order valence-corrected chi connectivity index (χ2v) is 8.76. The fraction of sp³-hybridized carbons (Fsp3) is 0.958. The van der Waals surface area contributed by atoms with Gasteiger partial charge < -0.3 is 15.5 Å². The number of hydrogen-bond acceptors (Lipinski definition) is 4. The first-order valence-electron chi connectivity index (χ1n) is 12.1. The van der Waals surface area contributed by atoms with Crippen LogP contribution in [0.1, 0.15) is 131 Å². The van der Waals surface area contributed by atoms with Gasteiger partial charge in [-0.25, -0.2) is 0 Å². The van der Waals surface area contributed by atoms with Crippen molar-refractivity contribution in [2.75, 3.05) is 0 Å². The standard InChI is InChI=1S/C21H43NO2.C3H8O.O.Ti/c1-4-20(23)22-21(24)18-16-14-12-10-8-6-5-7-9-11-13-15-17-19(2)3;1-3(2)4;;/h19-20,23H,4-18H2,1-3H3,(H,22,24);3-4H,1-2H3;;. The van der Waals surface area contributed by atoms with Gasteiger partial charge in [-0.15, -0.1) is 0 Å². The molecule has 30 heavy (non-hydrogen) atoms. The third-order valence-electron chi connectivity index (χ3n) is 4.65. The monoisotopic (exact) mass is 465 g/mol. The molecule has 0 aliphatic rings. The van der Waals surface area contributed by atoms with E-state index < -0.39 is 6.23 Å². The number of aliphatic hydroxyl groups is 2. The Morgan fingerprint density at radius 3 is 1.40 bits per heavy atom. The minimum atomic E-state index is -0.673. The molecular formula is C24H51NO4Ti. The van der Waals surface area contributed by atoms with E-state index in [2.05, 4.69) is 19.2 Å². The maximum atomic E-state index is 11.5. The minimum absolute atomic E-state index is 0.0160. The summed E-state index contributed by atoms with van der Waals surface area (Å²) in [4.78, 5) is 11.5. The Bertz CT molecular complexity index is 338. The maximum absolute atomic E-state index is 11.5. The van der Waals surface area contributed by atoms with Crippen LogP contribution >= 0.6 is 0 Å². The average Bonchev–Trinajstić information content (AvgIpc) is 2.69. The fourth-order valence-electron chi connectivity index (χ4n) is 2.97. The molecule has 0 rings (SSSR count). The van der Waals surface area contributed by atoms with Crippen LogP contribution in [0.25, 0.3) is 0 Å². The predicted octanol–water partition coefficient (Wildman–Crippen LogP) is 6.21. The summed E-state index contributed by atoms with van der Waals surface area (Å²) < 4.78 is 8.25. The fourth-order valence-corrected chi connectivity index (χ4v) is 2.97. The van der Waals surface area contributed by atoms with Crippen LogP contribution in [0.5, 0.6) is 0 Å². The molecule has 0 bridgehead atoms. The van der Waals surface area contributed by atoms with Crippen molar-refractivity contribution >= 4 is 5.91 Å². The van der Waals surface area contributed by atoms with Gasteiger partial charge in [0.2, 0.25) is 5.91 Å². The molecule has 0 aliphatic carbocycles. The zero-order valence-corrected chi connectivity index (χ0v) is 22.1. The molecule has 0 aromatic rings. The molecule has 0 aliphatic heterocycles. The van der Waals surface area contributed by atoms with Crippen LogP contribution in [0.4, 0.5) is 0 Å². The van der Waals surface area contributed by atoms with Gasteiger partial charge in [0.05, 0.1) is 0 Å².